The van der Waals surface area contributed by atoms with Gasteiger partial charge in [0.2, 0.25) is 0 Å². The lowest BCUT2D eigenvalue weighted by molar-refractivity contribution is 0.0943. The second kappa shape index (κ2) is 7.93. The highest BCUT2D eigenvalue weighted by Crippen LogP contribution is 2.28. The molecule has 1 aromatic heterocycles. The maximum absolute atomic E-state index is 12.6. The van der Waals surface area contributed by atoms with Gasteiger partial charge in [-0.1, -0.05) is 60.7 Å². The summed E-state index contributed by atoms with van der Waals surface area (Å²) in [5, 5.41) is 5.11. The summed E-state index contributed by atoms with van der Waals surface area (Å²) in [6.45, 7) is 2.07. The van der Waals surface area contributed by atoms with Crippen molar-refractivity contribution < 1.29 is 4.79 Å². The van der Waals surface area contributed by atoms with Gasteiger partial charge in [-0.2, -0.15) is 0 Å². The number of carbonyl (C=O) groups excluding carboxylic acids is 1. The zero-order valence-electron chi connectivity index (χ0n) is 13.7. The van der Waals surface area contributed by atoms with Crippen molar-refractivity contribution >= 4 is 17.2 Å². The van der Waals surface area contributed by atoms with Crippen LogP contribution in [0.15, 0.2) is 72.1 Å². The Hall–Kier alpha value is -2.39. The second-order valence-corrected chi connectivity index (χ2v) is 6.84. The Kier molecular flexibility index (Phi) is 5.44. The summed E-state index contributed by atoms with van der Waals surface area (Å²) in [7, 11) is 0. The van der Waals surface area contributed by atoms with Crippen LogP contribution in [0.25, 0.3) is 11.1 Å². The average molecular weight is 335 g/mol. The van der Waals surface area contributed by atoms with Gasteiger partial charge in [0, 0.05) is 11.6 Å². The van der Waals surface area contributed by atoms with Crippen LogP contribution in [-0.4, -0.2) is 11.9 Å². The Labute approximate surface area is 147 Å². The van der Waals surface area contributed by atoms with E-state index in [9.17, 15) is 4.79 Å². The molecule has 0 saturated carbocycles. The highest BCUT2D eigenvalue weighted by molar-refractivity contribution is 7.12. The van der Waals surface area contributed by atoms with Crippen molar-refractivity contribution in [2.75, 3.05) is 0 Å². The van der Waals surface area contributed by atoms with Crippen molar-refractivity contribution in [2.24, 2.45) is 0 Å². The van der Waals surface area contributed by atoms with Crippen molar-refractivity contribution in [1.82, 2.24) is 5.32 Å². The van der Waals surface area contributed by atoms with E-state index in [-0.39, 0.29) is 11.9 Å². The maximum Gasteiger partial charge on any atom is 0.262 e. The Bertz CT molecular complexity index is 780. The molecule has 0 saturated heterocycles. The summed E-state index contributed by atoms with van der Waals surface area (Å²) in [6.07, 6.45) is 1.90. The first-order chi connectivity index (χ1) is 11.7. The minimum atomic E-state index is 0.0180. The molecular weight excluding hydrogens is 314 g/mol. The molecule has 2 nitrogen and oxygen atoms in total. The van der Waals surface area contributed by atoms with Crippen molar-refractivity contribution in [3.63, 3.8) is 0 Å². The zero-order valence-corrected chi connectivity index (χ0v) is 14.6. The summed E-state index contributed by atoms with van der Waals surface area (Å²) in [4.78, 5) is 13.4. The number of rotatable bonds is 6. The van der Waals surface area contributed by atoms with E-state index in [1.165, 1.54) is 16.9 Å². The van der Waals surface area contributed by atoms with Gasteiger partial charge in [-0.15, -0.1) is 11.3 Å². The lowest BCUT2D eigenvalue weighted by Crippen LogP contribution is -2.32. The van der Waals surface area contributed by atoms with Gasteiger partial charge < -0.3 is 5.32 Å². The molecule has 1 N–H and O–H groups in total. The third kappa shape index (κ3) is 4.12. The fraction of sp³-hybridized carbons (Fsp3) is 0.190. The third-order valence-corrected chi connectivity index (χ3v) is 4.96. The number of benzene rings is 2. The SMILES string of the molecule is CC(CCc1ccccc1)NC(=O)c1sccc1-c1ccccc1. The molecule has 1 amide bonds. The molecule has 0 bridgehead atoms. The normalized spacial score (nSPS) is 11.9. The lowest BCUT2D eigenvalue weighted by Gasteiger charge is -2.14. The van der Waals surface area contributed by atoms with Gasteiger partial charge in [0.1, 0.15) is 0 Å². The molecule has 2 aromatic carbocycles. The molecule has 0 fully saturated rings. The fourth-order valence-corrected chi connectivity index (χ4v) is 3.54. The molecule has 3 rings (SSSR count). The van der Waals surface area contributed by atoms with Gasteiger partial charge in [-0.05, 0) is 42.3 Å². The lowest BCUT2D eigenvalue weighted by atomic mass is 10.0. The number of carbonyl (C=O) groups is 1. The van der Waals surface area contributed by atoms with E-state index in [0.717, 1.165) is 28.8 Å². The van der Waals surface area contributed by atoms with Gasteiger partial charge >= 0.3 is 0 Å². The Morgan fingerprint density at radius 3 is 2.38 bits per heavy atom. The van der Waals surface area contributed by atoms with E-state index >= 15 is 0 Å². The summed E-state index contributed by atoms with van der Waals surface area (Å²) in [5.74, 6) is 0.0180. The second-order valence-electron chi connectivity index (χ2n) is 5.93. The standard InChI is InChI=1S/C21H21NOS/c1-16(12-13-17-8-4-2-5-9-17)22-21(23)20-19(14-15-24-20)18-10-6-3-7-11-18/h2-11,14-16H,12-13H2,1H3,(H,22,23). The molecule has 0 aliphatic heterocycles. The zero-order chi connectivity index (χ0) is 16.8. The smallest absolute Gasteiger partial charge is 0.262 e. The molecule has 3 aromatic rings. The van der Waals surface area contributed by atoms with Crippen molar-refractivity contribution in [3.05, 3.63) is 82.6 Å². The highest BCUT2D eigenvalue weighted by atomic mass is 32.1. The third-order valence-electron chi connectivity index (χ3n) is 4.04. The highest BCUT2D eigenvalue weighted by Gasteiger charge is 2.16. The van der Waals surface area contributed by atoms with Crippen LogP contribution in [0.1, 0.15) is 28.6 Å². The molecular formula is C21H21NOS. The minimum Gasteiger partial charge on any atom is -0.349 e. The Morgan fingerprint density at radius 1 is 1.00 bits per heavy atom. The summed E-state index contributed by atoms with van der Waals surface area (Å²) < 4.78 is 0. The first kappa shape index (κ1) is 16.5. The monoisotopic (exact) mass is 335 g/mol. The van der Waals surface area contributed by atoms with Gasteiger partial charge in [0.05, 0.1) is 4.88 Å². The van der Waals surface area contributed by atoms with Crippen LogP contribution in [-0.2, 0) is 6.42 Å². The van der Waals surface area contributed by atoms with Crippen LogP contribution in [0.5, 0.6) is 0 Å². The molecule has 1 atom stereocenters. The first-order valence-corrected chi connectivity index (χ1v) is 9.09. The van der Waals surface area contributed by atoms with E-state index < -0.39 is 0 Å². The Balaban J connectivity index is 1.62. The topological polar surface area (TPSA) is 29.1 Å². The Morgan fingerprint density at radius 2 is 1.67 bits per heavy atom. The van der Waals surface area contributed by atoms with E-state index in [1.54, 1.807) is 0 Å². The fourth-order valence-electron chi connectivity index (χ4n) is 2.72. The predicted molar refractivity (Wildman–Crippen MR) is 101 cm³/mol. The van der Waals surface area contributed by atoms with Gasteiger partial charge in [0.15, 0.2) is 0 Å². The molecule has 24 heavy (non-hydrogen) atoms. The number of aryl methyl sites for hydroxylation is 1. The van der Waals surface area contributed by atoms with Crippen LogP contribution < -0.4 is 5.32 Å². The summed E-state index contributed by atoms with van der Waals surface area (Å²) in [5.41, 5.74) is 3.40. The number of nitrogens with one attached hydrogen (secondary N) is 1. The van der Waals surface area contributed by atoms with Crippen molar-refractivity contribution in [1.29, 1.82) is 0 Å². The number of hydrogen-bond acceptors (Lipinski definition) is 2. The summed E-state index contributed by atoms with van der Waals surface area (Å²) in [6, 6.07) is 22.6. The molecule has 0 spiro atoms. The van der Waals surface area contributed by atoms with Crippen LogP contribution in [0.4, 0.5) is 0 Å². The van der Waals surface area contributed by atoms with E-state index in [2.05, 4.69) is 36.5 Å². The number of thiophene rings is 1. The van der Waals surface area contributed by atoms with Crippen LogP contribution in [0, 0.1) is 0 Å². The molecule has 3 heteroatoms. The number of hydrogen-bond donors (Lipinski definition) is 1. The minimum absolute atomic E-state index is 0.0180. The van der Waals surface area contributed by atoms with E-state index in [1.807, 2.05) is 47.8 Å². The first-order valence-electron chi connectivity index (χ1n) is 8.22. The molecule has 0 aliphatic carbocycles. The van der Waals surface area contributed by atoms with Crippen LogP contribution in [0.2, 0.25) is 0 Å². The van der Waals surface area contributed by atoms with Crippen LogP contribution in [0.3, 0.4) is 0 Å². The maximum atomic E-state index is 12.6. The predicted octanol–water partition coefficient (Wildman–Crippen LogP) is 5.17. The van der Waals surface area contributed by atoms with Crippen LogP contribution >= 0.6 is 11.3 Å². The summed E-state index contributed by atoms with van der Waals surface area (Å²) >= 11 is 1.50. The molecule has 0 radical (unpaired) electrons. The van der Waals surface area contributed by atoms with Gasteiger partial charge in [0.25, 0.3) is 5.91 Å². The average Bonchev–Trinajstić information content (AvgIpc) is 3.11. The number of amides is 1. The molecule has 1 unspecified atom stereocenters. The van der Waals surface area contributed by atoms with Gasteiger partial charge in [-0.25, -0.2) is 0 Å². The largest absolute Gasteiger partial charge is 0.349 e. The molecule has 122 valence electrons. The van der Waals surface area contributed by atoms with Gasteiger partial charge in [-0.3, -0.25) is 4.79 Å². The van der Waals surface area contributed by atoms with Crippen molar-refractivity contribution in [2.45, 2.75) is 25.8 Å². The van der Waals surface area contributed by atoms with E-state index in [4.69, 9.17) is 0 Å². The van der Waals surface area contributed by atoms with E-state index in [0.29, 0.717) is 0 Å². The molecule has 0 aliphatic rings. The van der Waals surface area contributed by atoms with Crippen molar-refractivity contribution in [3.8, 4) is 11.1 Å². The molecule has 1 heterocycles. The quantitative estimate of drug-likeness (QED) is 0.662.